The topological polar surface area (TPSA) is 105 Å². The van der Waals surface area contributed by atoms with Gasteiger partial charge in [-0.3, -0.25) is 4.79 Å². The van der Waals surface area contributed by atoms with Crippen molar-refractivity contribution in [1.29, 1.82) is 0 Å². The van der Waals surface area contributed by atoms with Crippen molar-refractivity contribution in [3.05, 3.63) is 53.0 Å². The van der Waals surface area contributed by atoms with Crippen molar-refractivity contribution in [2.24, 2.45) is 5.92 Å². The van der Waals surface area contributed by atoms with E-state index in [1.807, 2.05) is 0 Å². The third-order valence-corrected chi connectivity index (χ3v) is 9.31. The largest absolute Gasteiger partial charge is 0.352 e. The molecular weight excluding hydrogens is 467 g/mol. The number of halogens is 1. The van der Waals surface area contributed by atoms with Gasteiger partial charge >= 0.3 is 0 Å². The summed E-state index contributed by atoms with van der Waals surface area (Å²) in [5.41, 5.74) is 1.44. The van der Waals surface area contributed by atoms with E-state index < -0.39 is 10.0 Å². The summed E-state index contributed by atoms with van der Waals surface area (Å²) in [5.74, 6) is 0.667. The molecule has 5 rings (SSSR count). The van der Waals surface area contributed by atoms with Crippen molar-refractivity contribution in [2.45, 2.75) is 42.4 Å². The number of nitrogens with one attached hydrogen (secondary N) is 1. The zero-order chi connectivity index (χ0) is 23.0. The Balaban J connectivity index is 1.17. The van der Waals surface area contributed by atoms with Crippen LogP contribution in [0.1, 0.15) is 43.1 Å². The van der Waals surface area contributed by atoms with E-state index in [-0.39, 0.29) is 34.9 Å². The van der Waals surface area contributed by atoms with Gasteiger partial charge in [0.2, 0.25) is 17.6 Å². The van der Waals surface area contributed by atoms with Crippen LogP contribution in [0.3, 0.4) is 0 Å². The highest BCUT2D eigenvalue weighted by Crippen LogP contribution is 2.40. The van der Waals surface area contributed by atoms with Crippen LogP contribution in [0.2, 0.25) is 0 Å². The number of hydrogen-bond donors (Lipinski definition) is 1. The summed E-state index contributed by atoms with van der Waals surface area (Å²) in [5, 5.41) is 8.56. The molecule has 0 unspecified atom stereocenters. The number of benzene rings is 1. The number of sulfonamides is 1. The highest BCUT2D eigenvalue weighted by atomic mass is 32.2. The third-order valence-electron chi connectivity index (χ3n) is 6.00. The van der Waals surface area contributed by atoms with E-state index in [1.54, 1.807) is 23.6 Å². The number of rotatable bonds is 7. The zero-order valence-corrected chi connectivity index (χ0v) is 19.4. The number of hydrogen-bond acceptors (Lipinski definition) is 7. The van der Waals surface area contributed by atoms with Crippen LogP contribution in [0.5, 0.6) is 0 Å². The smallest absolute Gasteiger partial charge is 0.252 e. The third kappa shape index (κ3) is 4.85. The Labute approximate surface area is 194 Å². The predicted octanol–water partition coefficient (Wildman–Crippen LogP) is 3.53. The van der Waals surface area contributed by atoms with Gasteiger partial charge in [-0.25, -0.2) is 12.8 Å². The van der Waals surface area contributed by atoms with Crippen LogP contribution in [-0.2, 0) is 21.4 Å². The standard InChI is InChI=1S/C22H23FN4O4S2/c23-18-5-1-14(2-6-18)12-24-21(28)15-7-9-27(10-8-15)33(29,30)19-11-17(13-32-19)20-25-22(31-26-20)16-3-4-16/h1-2,5-6,11,13,15-16H,3-4,7-10,12H2,(H,24,28). The van der Waals surface area contributed by atoms with Crippen LogP contribution in [0.15, 0.2) is 44.4 Å². The Morgan fingerprint density at radius 1 is 1.18 bits per heavy atom. The van der Waals surface area contributed by atoms with Gasteiger partial charge in [0.05, 0.1) is 0 Å². The summed E-state index contributed by atoms with van der Waals surface area (Å²) in [6.07, 6.45) is 2.99. The number of thiophene rings is 1. The van der Waals surface area contributed by atoms with Crippen molar-refractivity contribution in [3.8, 4) is 11.4 Å². The molecule has 2 aliphatic rings. The Morgan fingerprint density at radius 2 is 1.91 bits per heavy atom. The van der Waals surface area contributed by atoms with Crippen LogP contribution in [0.4, 0.5) is 4.39 Å². The lowest BCUT2D eigenvalue weighted by molar-refractivity contribution is -0.126. The fraction of sp³-hybridized carbons (Fsp3) is 0.409. The minimum absolute atomic E-state index is 0.113. The SMILES string of the molecule is O=C(NCc1ccc(F)cc1)C1CCN(S(=O)(=O)c2cc(-c3noc(C4CC4)n3)cs2)CC1. The molecule has 3 aromatic rings. The highest BCUT2D eigenvalue weighted by Gasteiger charge is 2.34. The van der Waals surface area contributed by atoms with E-state index in [9.17, 15) is 17.6 Å². The lowest BCUT2D eigenvalue weighted by Crippen LogP contribution is -2.42. The molecule has 0 atom stereocenters. The van der Waals surface area contributed by atoms with Crippen LogP contribution in [-0.4, -0.2) is 41.9 Å². The Hall–Kier alpha value is -2.63. The lowest BCUT2D eigenvalue weighted by atomic mass is 9.97. The van der Waals surface area contributed by atoms with E-state index in [0.717, 1.165) is 29.7 Å². The first-order valence-corrected chi connectivity index (χ1v) is 13.2. The number of carbonyl (C=O) groups excluding carboxylic acids is 1. The normalized spacial score (nSPS) is 17.8. The van der Waals surface area contributed by atoms with E-state index in [0.29, 0.717) is 42.6 Å². The molecule has 1 amide bonds. The minimum atomic E-state index is -3.66. The fourth-order valence-electron chi connectivity index (χ4n) is 3.84. The second kappa shape index (κ2) is 8.96. The van der Waals surface area contributed by atoms with Gasteiger partial charge in [0.25, 0.3) is 10.0 Å². The van der Waals surface area contributed by atoms with Crippen molar-refractivity contribution in [2.75, 3.05) is 13.1 Å². The summed E-state index contributed by atoms with van der Waals surface area (Å²) >= 11 is 1.13. The average Bonchev–Trinajstić information content (AvgIpc) is 3.33. The molecule has 1 aliphatic heterocycles. The van der Waals surface area contributed by atoms with Crippen molar-refractivity contribution in [1.82, 2.24) is 19.8 Å². The molecule has 1 N–H and O–H groups in total. The number of nitrogens with zero attached hydrogens (tertiary/aromatic N) is 3. The maximum atomic E-state index is 13.1. The van der Waals surface area contributed by atoms with Gasteiger partial charge in [-0.05, 0) is 49.4 Å². The average molecular weight is 491 g/mol. The number of carbonyl (C=O) groups is 1. The molecule has 0 radical (unpaired) electrons. The highest BCUT2D eigenvalue weighted by molar-refractivity contribution is 7.91. The first-order valence-electron chi connectivity index (χ1n) is 10.8. The lowest BCUT2D eigenvalue weighted by Gasteiger charge is -2.30. The molecule has 2 fully saturated rings. The van der Waals surface area contributed by atoms with E-state index in [2.05, 4.69) is 15.5 Å². The van der Waals surface area contributed by atoms with Crippen LogP contribution >= 0.6 is 11.3 Å². The Bertz CT molecular complexity index is 1240. The molecule has 1 saturated carbocycles. The molecule has 0 bridgehead atoms. The summed E-state index contributed by atoms with van der Waals surface area (Å²) in [6, 6.07) is 7.54. The van der Waals surface area contributed by atoms with Crippen molar-refractivity contribution in [3.63, 3.8) is 0 Å². The van der Waals surface area contributed by atoms with Gasteiger partial charge in [0.15, 0.2) is 0 Å². The van der Waals surface area contributed by atoms with Gasteiger partial charge in [-0.1, -0.05) is 17.3 Å². The molecule has 11 heteroatoms. The molecule has 0 spiro atoms. The first-order chi connectivity index (χ1) is 15.9. The van der Waals surface area contributed by atoms with Gasteiger partial charge < -0.3 is 9.84 Å². The summed E-state index contributed by atoms with van der Waals surface area (Å²) in [7, 11) is -3.66. The predicted molar refractivity (Wildman–Crippen MR) is 119 cm³/mol. The number of piperidine rings is 1. The molecular formula is C22H23FN4O4S2. The van der Waals surface area contributed by atoms with Gasteiger partial charge in [0.1, 0.15) is 10.0 Å². The van der Waals surface area contributed by atoms with Crippen molar-refractivity contribution >= 4 is 27.3 Å². The molecule has 1 aliphatic carbocycles. The maximum Gasteiger partial charge on any atom is 0.252 e. The summed E-state index contributed by atoms with van der Waals surface area (Å²) < 4.78 is 46.2. The van der Waals surface area contributed by atoms with Gasteiger partial charge in [-0.2, -0.15) is 9.29 Å². The second-order valence-corrected chi connectivity index (χ2v) is 11.5. The first kappa shape index (κ1) is 22.2. The summed E-state index contributed by atoms with van der Waals surface area (Å²) in [4.78, 5) is 16.9. The molecule has 33 heavy (non-hydrogen) atoms. The number of amides is 1. The molecule has 1 aromatic carbocycles. The van der Waals surface area contributed by atoms with E-state index in [1.165, 1.54) is 16.4 Å². The Kier molecular flexibility index (Phi) is 6.02. The molecule has 174 valence electrons. The van der Waals surface area contributed by atoms with E-state index >= 15 is 0 Å². The molecule has 2 aromatic heterocycles. The number of aromatic nitrogens is 2. The fourth-order valence-corrected chi connectivity index (χ4v) is 6.62. The van der Waals surface area contributed by atoms with Gasteiger partial charge in [-0.15, -0.1) is 11.3 Å². The quantitative estimate of drug-likeness (QED) is 0.543. The minimum Gasteiger partial charge on any atom is -0.352 e. The molecule has 1 saturated heterocycles. The van der Waals surface area contributed by atoms with Crippen LogP contribution in [0.25, 0.3) is 11.4 Å². The summed E-state index contributed by atoms with van der Waals surface area (Å²) in [6.45, 7) is 0.866. The zero-order valence-electron chi connectivity index (χ0n) is 17.7. The van der Waals surface area contributed by atoms with E-state index in [4.69, 9.17) is 4.52 Å². The van der Waals surface area contributed by atoms with Gasteiger partial charge in [0, 0.05) is 42.4 Å². The van der Waals surface area contributed by atoms with Crippen LogP contribution in [0, 0.1) is 11.7 Å². The molecule has 3 heterocycles. The monoisotopic (exact) mass is 490 g/mol. The molecule has 8 nitrogen and oxygen atoms in total. The van der Waals surface area contributed by atoms with Crippen LogP contribution < -0.4 is 5.32 Å². The Morgan fingerprint density at radius 3 is 2.61 bits per heavy atom. The maximum absolute atomic E-state index is 13.1. The second-order valence-electron chi connectivity index (χ2n) is 8.41. The van der Waals surface area contributed by atoms with Crippen molar-refractivity contribution < 1.29 is 22.1 Å².